The first kappa shape index (κ1) is 13.0. The fourth-order valence-corrected chi connectivity index (χ4v) is 1.31. The second kappa shape index (κ2) is 6.46. The average molecular weight is 199 g/mol. The summed E-state index contributed by atoms with van der Waals surface area (Å²) >= 11 is 0. The van der Waals surface area contributed by atoms with Crippen molar-refractivity contribution in [3.8, 4) is 0 Å². The molecule has 0 aromatic heterocycles. The molecule has 0 aliphatic heterocycles. The summed E-state index contributed by atoms with van der Waals surface area (Å²) in [5, 5.41) is 0. The Kier molecular flexibility index (Phi) is 6.00. The van der Waals surface area contributed by atoms with Crippen LogP contribution >= 0.6 is 0 Å². The monoisotopic (exact) mass is 199 g/mol. The third-order valence-electron chi connectivity index (χ3n) is 1.86. The minimum absolute atomic E-state index is 0.174. The van der Waals surface area contributed by atoms with E-state index in [4.69, 9.17) is 4.74 Å². The number of nitrogens with zero attached hydrogens (tertiary/aromatic N) is 1. The van der Waals surface area contributed by atoms with Crippen molar-refractivity contribution in [3.63, 3.8) is 0 Å². The van der Waals surface area contributed by atoms with Gasteiger partial charge >= 0.3 is 6.09 Å². The molecule has 0 aromatic carbocycles. The van der Waals surface area contributed by atoms with E-state index in [1.165, 1.54) is 0 Å². The van der Waals surface area contributed by atoms with E-state index in [9.17, 15) is 4.79 Å². The van der Waals surface area contributed by atoms with Crippen molar-refractivity contribution in [1.29, 1.82) is 0 Å². The van der Waals surface area contributed by atoms with Crippen LogP contribution in [0.15, 0.2) is 12.2 Å². The van der Waals surface area contributed by atoms with E-state index in [2.05, 4.69) is 0 Å². The first-order valence-corrected chi connectivity index (χ1v) is 5.07. The molecule has 0 bridgehead atoms. The van der Waals surface area contributed by atoms with Crippen molar-refractivity contribution in [2.45, 2.75) is 46.7 Å². The predicted molar refractivity (Wildman–Crippen MR) is 58.3 cm³/mol. The van der Waals surface area contributed by atoms with Crippen molar-refractivity contribution in [1.82, 2.24) is 4.90 Å². The van der Waals surface area contributed by atoms with Gasteiger partial charge in [-0.2, -0.15) is 0 Å². The van der Waals surface area contributed by atoms with Crippen LogP contribution in [0.1, 0.15) is 34.6 Å². The summed E-state index contributed by atoms with van der Waals surface area (Å²) < 4.78 is 5.07. The minimum atomic E-state index is -0.242. The molecule has 0 spiro atoms. The summed E-state index contributed by atoms with van der Waals surface area (Å²) in [4.78, 5) is 13.3. The molecule has 3 heteroatoms. The third kappa shape index (κ3) is 4.30. The number of allylic oxidation sites excluding steroid dienone is 1. The van der Waals surface area contributed by atoms with E-state index in [0.717, 1.165) is 0 Å². The zero-order valence-corrected chi connectivity index (χ0v) is 9.78. The van der Waals surface area contributed by atoms with E-state index in [1.54, 1.807) is 4.90 Å². The fraction of sp³-hybridized carbons (Fsp3) is 0.727. The average Bonchev–Trinajstić information content (AvgIpc) is 2.03. The quantitative estimate of drug-likeness (QED) is 0.651. The summed E-state index contributed by atoms with van der Waals surface area (Å²) in [6.45, 7) is 10.2. The molecule has 0 rings (SSSR count). The molecule has 1 amide bonds. The van der Waals surface area contributed by atoms with Crippen molar-refractivity contribution in [3.05, 3.63) is 12.2 Å². The molecule has 0 radical (unpaired) electrons. The number of hydrogen-bond donors (Lipinski definition) is 0. The van der Waals surface area contributed by atoms with Crippen LogP contribution in [0.2, 0.25) is 0 Å². The first-order valence-electron chi connectivity index (χ1n) is 5.07. The van der Waals surface area contributed by atoms with Crippen molar-refractivity contribution >= 4 is 6.09 Å². The van der Waals surface area contributed by atoms with Crippen LogP contribution in [0.4, 0.5) is 4.79 Å². The van der Waals surface area contributed by atoms with Crippen LogP contribution in [-0.2, 0) is 4.74 Å². The van der Waals surface area contributed by atoms with E-state index in [0.29, 0.717) is 6.61 Å². The minimum Gasteiger partial charge on any atom is -0.445 e. The Balaban J connectivity index is 4.16. The van der Waals surface area contributed by atoms with Crippen LogP contribution in [-0.4, -0.2) is 29.7 Å². The summed E-state index contributed by atoms with van der Waals surface area (Å²) in [5.74, 6) is 0. The van der Waals surface area contributed by atoms with Gasteiger partial charge in [0.05, 0.1) is 0 Å². The van der Waals surface area contributed by atoms with Gasteiger partial charge in [-0.1, -0.05) is 12.2 Å². The molecule has 0 aromatic rings. The van der Waals surface area contributed by atoms with Crippen LogP contribution in [0, 0.1) is 0 Å². The van der Waals surface area contributed by atoms with Gasteiger partial charge in [0.2, 0.25) is 0 Å². The molecule has 0 atom stereocenters. The molecule has 0 aliphatic carbocycles. The standard InChI is InChI=1S/C11H21NO2/c1-6-7-8-14-11(13)12(9(2)3)10(4)5/h6-7,9-10H,8H2,1-5H3/b7-6+. The molecule has 0 aliphatic rings. The van der Waals surface area contributed by atoms with Crippen LogP contribution < -0.4 is 0 Å². The summed E-state index contributed by atoms with van der Waals surface area (Å²) in [6.07, 6.45) is 3.44. The topological polar surface area (TPSA) is 29.5 Å². The van der Waals surface area contributed by atoms with Gasteiger partial charge in [-0.05, 0) is 34.6 Å². The largest absolute Gasteiger partial charge is 0.445 e. The Morgan fingerprint density at radius 2 is 1.79 bits per heavy atom. The van der Waals surface area contributed by atoms with E-state index in [-0.39, 0.29) is 18.2 Å². The summed E-state index contributed by atoms with van der Waals surface area (Å²) in [5.41, 5.74) is 0. The Bertz CT molecular complexity index is 189. The fourth-order valence-electron chi connectivity index (χ4n) is 1.31. The van der Waals surface area contributed by atoms with Crippen molar-refractivity contribution in [2.24, 2.45) is 0 Å². The maximum atomic E-state index is 11.6. The lowest BCUT2D eigenvalue weighted by Crippen LogP contribution is -2.42. The second-order valence-electron chi connectivity index (χ2n) is 3.74. The van der Waals surface area contributed by atoms with E-state index in [1.807, 2.05) is 46.8 Å². The summed E-state index contributed by atoms with van der Waals surface area (Å²) in [7, 11) is 0. The Morgan fingerprint density at radius 1 is 1.29 bits per heavy atom. The van der Waals surface area contributed by atoms with Gasteiger partial charge in [0.15, 0.2) is 0 Å². The zero-order chi connectivity index (χ0) is 11.1. The highest BCUT2D eigenvalue weighted by atomic mass is 16.6. The van der Waals surface area contributed by atoms with Gasteiger partial charge in [-0.15, -0.1) is 0 Å². The maximum Gasteiger partial charge on any atom is 0.410 e. The Morgan fingerprint density at radius 3 is 2.14 bits per heavy atom. The number of ether oxygens (including phenoxy) is 1. The molecular formula is C11H21NO2. The van der Waals surface area contributed by atoms with Gasteiger partial charge in [-0.3, -0.25) is 0 Å². The van der Waals surface area contributed by atoms with Gasteiger partial charge < -0.3 is 9.64 Å². The smallest absolute Gasteiger partial charge is 0.410 e. The summed E-state index contributed by atoms with van der Waals surface area (Å²) in [6, 6.07) is 0.348. The van der Waals surface area contributed by atoms with Gasteiger partial charge in [0, 0.05) is 12.1 Å². The highest BCUT2D eigenvalue weighted by Crippen LogP contribution is 2.07. The number of hydrogen-bond acceptors (Lipinski definition) is 2. The molecule has 14 heavy (non-hydrogen) atoms. The highest BCUT2D eigenvalue weighted by Gasteiger charge is 2.20. The van der Waals surface area contributed by atoms with Crippen LogP contribution in [0.25, 0.3) is 0 Å². The van der Waals surface area contributed by atoms with Crippen LogP contribution in [0.3, 0.4) is 0 Å². The van der Waals surface area contributed by atoms with E-state index >= 15 is 0 Å². The molecule has 0 fully saturated rings. The lowest BCUT2D eigenvalue weighted by molar-refractivity contribution is 0.0875. The number of rotatable bonds is 4. The highest BCUT2D eigenvalue weighted by molar-refractivity contribution is 5.68. The second-order valence-corrected chi connectivity index (χ2v) is 3.74. The van der Waals surface area contributed by atoms with Crippen molar-refractivity contribution in [2.75, 3.05) is 6.61 Å². The van der Waals surface area contributed by atoms with Crippen molar-refractivity contribution < 1.29 is 9.53 Å². The molecule has 0 N–H and O–H groups in total. The van der Waals surface area contributed by atoms with Gasteiger partial charge in [0.1, 0.15) is 6.61 Å². The molecular weight excluding hydrogens is 178 g/mol. The maximum absolute atomic E-state index is 11.6. The SMILES string of the molecule is C/C=C/COC(=O)N(C(C)C)C(C)C. The molecule has 0 saturated heterocycles. The van der Waals surface area contributed by atoms with Gasteiger partial charge in [0.25, 0.3) is 0 Å². The number of carbonyl (C=O) groups is 1. The molecule has 82 valence electrons. The lowest BCUT2D eigenvalue weighted by atomic mass is 10.2. The molecule has 0 unspecified atom stereocenters. The Labute approximate surface area is 86.7 Å². The van der Waals surface area contributed by atoms with E-state index < -0.39 is 0 Å². The third-order valence-corrected chi connectivity index (χ3v) is 1.86. The molecule has 0 saturated carbocycles. The number of amides is 1. The molecule has 0 heterocycles. The zero-order valence-electron chi connectivity index (χ0n) is 9.78. The Hall–Kier alpha value is -0.990. The predicted octanol–water partition coefficient (Wildman–Crippen LogP) is 2.82. The normalized spacial score (nSPS) is 11.4. The van der Waals surface area contributed by atoms with Gasteiger partial charge in [-0.25, -0.2) is 4.79 Å². The molecule has 3 nitrogen and oxygen atoms in total. The number of carbonyl (C=O) groups excluding carboxylic acids is 1. The lowest BCUT2D eigenvalue weighted by Gasteiger charge is -2.29. The first-order chi connectivity index (χ1) is 6.50. The van der Waals surface area contributed by atoms with Crippen LogP contribution in [0.5, 0.6) is 0 Å².